The molecule has 1 rings (SSSR count). The fourth-order valence-electron chi connectivity index (χ4n) is 1.53. The maximum atomic E-state index is 12.2. The first kappa shape index (κ1) is 14.2. The predicted octanol–water partition coefficient (Wildman–Crippen LogP) is 2.14. The highest BCUT2D eigenvalue weighted by Gasteiger charge is 2.22. The highest BCUT2D eigenvalue weighted by atomic mass is 32.2. The monoisotopic (exact) mass is 255 g/mol. The van der Waals surface area contributed by atoms with Crippen LogP contribution in [-0.2, 0) is 9.84 Å². The molecule has 3 nitrogen and oxygen atoms in total. The normalized spacial score (nSPS) is 12.7. The number of rotatable bonds is 5. The van der Waals surface area contributed by atoms with E-state index in [1.54, 1.807) is 12.1 Å². The molecule has 0 saturated carbocycles. The Bertz CT molecular complexity index is 478. The second kappa shape index (κ2) is 5.19. The molecule has 0 bridgehead atoms. The van der Waals surface area contributed by atoms with E-state index in [-0.39, 0.29) is 11.2 Å². The molecule has 0 aliphatic carbocycles. The summed E-state index contributed by atoms with van der Waals surface area (Å²) in [6, 6.07) is 7.09. The molecule has 0 atom stereocenters. The van der Waals surface area contributed by atoms with Gasteiger partial charge >= 0.3 is 0 Å². The molecular formula is C13H21NO2S. The summed E-state index contributed by atoms with van der Waals surface area (Å²) in [4.78, 5) is 0.438. The lowest BCUT2D eigenvalue weighted by atomic mass is 9.91. The van der Waals surface area contributed by atoms with Crippen LogP contribution in [-0.4, -0.2) is 20.7 Å². The Morgan fingerprint density at radius 3 is 2.35 bits per heavy atom. The Morgan fingerprint density at radius 2 is 1.82 bits per heavy atom. The van der Waals surface area contributed by atoms with E-state index in [9.17, 15) is 8.42 Å². The van der Waals surface area contributed by atoms with E-state index in [1.807, 2.05) is 32.9 Å². The Kier molecular flexibility index (Phi) is 4.33. The Morgan fingerprint density at radius 1 is 1.24 bits per heavy atom. The molecule has 0 radical (unpaired) electrons. The molecule has 17 heavy (non-hydrogen) atoms. The van der Waals surface area contributed by atoms with Crippen LogP contribution < -0.4 is 5.73 Å². The second-order valence-corrected chi connectivity index (χ2v) is 7.28. The first-order chi connectivity index (χ1) is 7.78. The van der Waals surface area contributed by atoms with Gasteiger partial charge in [0, 0.05) is 0 Å². The first-order valence-corrected chi connectivity index (χ1v) is 7.42. The Hall–Kier alpha value is -0.870. The number of sulfone groups is 1. The van der Waals surface area contributed by atoms with Crippen LogP contribution in [0.1, 0.15) is 25.8 Å². The summed E-state index contributed by atoms with van der Waals surface area (Å²) in [5.41, 5.74) is 6.28. The van der Waals surface area contributed by atoms with Gasteiger partial charge in [0.25, 0.3) is 0 Å². The van der Waals surface area contributed by atoms with Crippen molar-refractivity contribution >= 4 is 9.84 Å². The van der Waals surface area contributed by atoms with E-state index in [0.29, 0.717) is 17.9 Å². The highest BCUT2D eigenvalue weighted by Crippen LogP contribution is 2.23. The van der Waals surface area contributed by atoms with Gasteiger partial charge in [-0.2, -0.15) is 0 Å². The summed E-state index contributed by atoms with van der Waals surface area (Å²) in [6.07, 6.45) is 0.583. The zero-order valence-corrected chi connectivity index (χ0v) is 11.5. The minimum absolute atomic E-state index is 0.129. The van der Waals surface area contributed by atoms with Gasteiger partial charge in [-0.3, -0.25) is 0 Å². The summed E-state index contributed by atoms with van der Waals surface area (Å²) in [5.74, 6) is 0.155. The van der Waals surface area contributed by atoms with Crippen molar-refractivity contribution in [1.29, 1.82) is 0 Å². The lowest BCUT2D eigenvalue weighted by Crippen LogP contribution is -2.26. The van der Waals surface area contributed by atoms with Crippen molar-refractivity contribution in [2.24, 2.45) is 11.1 Å². The highest BCUT2D eigenvalue weighted by molar-refractivity contribution is 7.91. The Labute approximate surface area is 104 Å². The molecular weight excluding hydrogens is 234 g/mol. The van der Waals surface area contributed by atoms with Gasteiger partial charge < -0.3 is 5.73 Å². The molecule has 1 aromatic rings. The minimum atomic E-state index is -3.19. The van der Waals surface area contributed by atoms with E-state index < -0.39 is 9.84 Å². The number of nitrogens with two attached hydrogens (primary N) is 1. The fourth-order valence-corrected chi connectivity index (χ4v) is 3.41. The third-order valence-electron chi connectivity index (χ3n) is 3.03. The van der Waals surface area contributed by atoms with E-state index >= 15 is 0 Å². The average Bonchev–Trinajstić information content (AvgIpc) is 2.27. The molecule has 0 amide bonds. The smallest absolute Gasteiger partial charge is 0.178 e. The van der Waals surface area contributed by atoms with E-state index in [1.165, 1.54) is 0 Å². The summed E-state index contributed by atoms with van der Waals surface area (Å²) in [5, 5.41) is 0. The zero-order valence-electron chi connectivity index (χ0n) is 10.7. The third-order valence-corrected chi connectivity index (χ3v) is 4.90. The molecule has 96 valence electrons. The molecule has 0 aliphatic rings. The minimum Gasteiger partial charge on any atom is -0.330 e. The molecule has 0 heterocycles. The standard InChI is InChI=1S/C13H21NO2S/c1-11-6-4-5-7-12(11)17(15,16)9-8-13(2,3)10-14/h4-7H,8-10,14H2,1-3H3. The number of aryl methyl sites for hydroxylation is 1. The molecule has 1 aromatic carbocycles. The summed E-state index contributed by atoms with van der Waals surface area (Å²) in [6.45, 7) is 6.29. The molecule has 0 aromatic heterocycles. The van der Waals surface area contributed by atoms with Crippen LogP contribution in [0.15, 0.2) is 29.2 Å². The van der Waals surface area contributed by atoms with Crippen molar-refractivity contribution in [2.75, 3.05) is 12.3 Å². The van der Waals surface area contributed by atoms with E-state index in [4.69, 9.17) is 5.73 Å². The predicted molar refractivity (Wildman–Crippen MR) is 70.7 cm³/mol. The second-order valence-electron chi connectivity index (χ2n) is 5.20. The maximum Gasteiger partial charge on any atom is 0.178 e. The molecule has 2 N–H and O–H groups in total. The maximum absolute atomic E-state index is 12.2. The lowest BCUT2D eigenvalue weighted by molar-refractivity contribution is 0.365. The van der Waals surface area contributed by atoms with Crippen LogP contribution in [0, 0.1) is 12.3 Å². The van der Waals surface area contributed by atoms with Gasteiger partial charge in [0.2, 0.25) is 0 Å². The molecule has 0 unspecified atom stereocenters. The van der Waals surface area contributed by atoms with Crippen molar-refractivity contribution in [1.82, 2.24) is 0 Å². The van der Waals surface area contributed by atoms with Crippen molar-refractivity contribution in [3.8, 4) is 0 Å². The van der Waals surface area contributed by atoms with E-state index in [2.05, 4.69) is 0 Å². The molecule has 0 fully saturated rings. The largest absolute Gasteiger partial charge is 0.330 e. The van der Waals surface area contributed by atoms with Gasteiger partial charge in [-0.1, -0.05) is 32.0 Å². The van der Waals surface area contributed by atoms with Crippen LogP contribution in [0.25, 0.3) is 0 Å². The molecule has 0 saturated heterocycles. The topological polar surface area (TPSA) is 60.2 Å². The summed E-state index contributed by atoms with van der Waals surface area (Å²) in [7, 11) is -3.19. The van der Waals surface area contributed by atoms with Gasteiger partial charge in [0.05, 0.1) is 10.6 Å². The van der Waals surface area contributed by atoms with Crippen LogP contribution >= 0.6 is 0 Å². The zero-order chi connectivity index (χ0) is 13.1. The van der Waals surface area contributed by atoms with Gasteiger partial charge in [-0.25, -0.2) is 8.42 Å². The number of hydrogen-bond acceptors (Lipinski definition) is 3. The van der Waals surface area contributed by atoms with Crippen molar-refractivity contribution < 1.29 is 8.42 Å². The lowest BCUT2D eigenvalue weighted by Gasteiger charge is -2.22. The molecule has 0 aliphatic heterocycles. The molecule has 4 heteroatoms. The number of benzene rings is 1. The molecule has 0 spiro atoms. The fraction of sp³-hybridized carbons (Fsp3) is 0.538. The van der Waals surface area contributed by atoms with Gasteiger partial charge in [-0.15, -0.1) is 0 Å². The van der Waals surface area contributed by atoms with Gasteiger partial charge in [0.1, 0.15) is 0 Å². The first-order valence-electron chi connectivity index (χ1n) is 5.77. The Balaban J connectivity index is 2.88. The quantitative estimate of drug-likeness (QED) is 0.877. The summed E-state index contributed by atoms with van der Waals surface area (Å²) >= 11 is 0. The third kappa shape index (κ3) is 3.82. The van der Waals surface area contributed by atoms with Gasteiger partial charge in [0.15, 0.2) is 9.84 Å². The van der Waals surface area contributed by atoms with Gasteiger partial charge in [-0.05, 0) is 36.9 Å². The van der Waals surface area contributed by atoms with Crippen LogP contribution in [0.4, 0.5) is 0 Å². The van der Waals surface area contributed by atoms with Crippen molar-refractivity contribution in [2.45, 2.75) is 32.1 Å². The SMILES string of the molecule is Cc1ccccc1S(=O)(=O)CCC(C)(C)CN. The van der Waals surface area contributed by atoms with Crippen LogP contribution in [0.5, 0.6) is 0 Å². The van der Waals surface area contributed by atoms with Crippen molar-refractivity contribution in [3.05, 3.63) is 29.8 Å². The van der Waals surface area contributed by atoms with E-state index in [0.717, 1.165) is 5.56 Å². The average molecular weight is 255 g/mol. The van der Waals surface area contributed by atoms with Crippen LogP contribution in [0.3, 0.4) is 0 Å². The van der Waals surface area contributed by atoms with Crippen molar-refractivity contribution in [3.63, 3.8) is 0 Å². The van der Waals surface area contributed by atoms with Crippen LogP contribution in [0.2, 0.25) is 0 Å². The summed E-state index contributed by atoms with van der Waals surface area (Å²) < 4.78 is 24.3. The number of hydrogen-bond donors (Lipinski definition) is 1.